The van der Waals surface area contributed by atoms with Gasteiger partial charge in [-0.2, -0.15) is 4.31 Å². The van der Waals surface area contributed by atoms with Crippen molar-refractivity contribution in [2.75, 3.05) is 27.2 Å². The van der Waals surface area contributed by atoms with Gasteiger partial charge in [0.2, 0.25) is 10.0 Å². The Bertz CT molecular complexity index is 512. The Morgan fingerprint density at radius 2 is 2.28 bits per heavy atom. The summed E-state index contributed by atoms with van der Waals surface area (Å²) >= 11 is 5.67. The molecule has 7 heteroatoms. The van der Waals surface area contributed by atoms with E-state index in [1.165, 1.54) is 6.20 Å². The number of sulfonamides is 1. The average Bonchev–Trinajstić information content (AvgIpc) is 2.98. The molecule has 0 radical (unpaired) electrons. The monoisotopic (exact) mass is 291 g/mol. The van der Waals surface area contributed by atoms with E-state index >= 15 is 0 Å². The number of hydrogen-bond acceptors (Lipinski definition) is 3. The van der Waals surface area contributed by atoms with E-state index in [-0.39, 0.29) is 5.88 Å². The van der Waals surface area contributed by atoms with E-state index in [4.69, 9.17) is 11.6 Å². The van der Waals surface area contributed by atoms with Crippen molar-refractivity contribution in [1.29, 1.82) is 0 Å². The second kappa shape index (κ2) is 5.21. The first-order valence-electron chi connectivity index (χ1n) is 5.85. The Hall–Kier alpha value is -0.560. The standard InChI is InChI=1S/C11H18ClN3O2S/c1-14(2)10-3-4-15(8-10)18(16,17)11-5-9(6-12)13-7-11/h5,7,10,13H,3-4,6,8H2,1-2H3. The minimum atomic E-state index is -3.38. The van der Waals surface area contributed by atoms with Crippen molar-refractivity contribution >= 4 is 21.6 Å². The first-order valence-corrected chi connectivity index (χ1v) is 7.82. The largest absolute Gasteiger partial charge is 0.363 e. The Balaban J connectivity index is 2.17. The quantitative estimate of drug-likeness (QED) is 0.845. The molecule has 2 heterocycles. The summed E-state index contributed by atoms with van der Waals surface area (Å²) in [6, 6.07) is 1.90. The van der Waals surface area contributed by atoms with Crippen LogP contribution >= 0.6 is 11.6 Å². The first kappa shape index (κ1) is 13.9. The zero-order valence-electron chi connectivity index (χ0n) is 10.6. The normalized spacial score (nSPS) is 21.9. The number of aromatic nitrogens is 1. The van der Waals surface area contributed by atoms with Gasteiger partial charge in [-0.25, -0.2) is 8.42 Å². The van der Waals surface area contributed by atoms with Crippen LogP contribution in [-0.4, -0.2) is 55.8 Å². The maximum Gasteiger partial charge on any atom is 0.244 e. The van der Waals surface area contributed by atoms with Gasteiger partial charge in [0.05, 0.1) is 10.8 Å². The van der Waals surface area contributed by atoms with Crippen LogP contribution in [-0.2, 0) is 15.9 Å². The molecule has 1 atom stereocenters. The molecular weight excluding hydrogens is 274 g/mol. The number of alkyl halides is 1. The Kier molecular flexibility index (Phi) is 4.01. The Labute approximate surface area is 113 Å². The van der Waals surface area contributed by atoms with E-state index in [1.54, 1.807) is 10.4 Å². The molecule has 1 fully saturated rings. The van der Waals surface area contributed by atoms with Crippen molar-refractivity contribution in [3.8, 4) is 0 Å². The third-order valence-corrected chi connectivity index (χ3v) is 5.49. The fourth-order valence-electron chi connectivity index (χ4n) is 2.14. The van der Waals surface area contributed by atoms with Gasteiger partial charge in [0.25, 0.3) is 0 Å². The molecule has 0 spiro atoms. The molecule has 102 valence electrons. The van der Waals surface area contributed by atoms with Crippen molar-refractivity contribution in [2.24, 2.45) is 0 Å². The summed E-state index contributed by atoms with van der Waals surface area (Å²) in [5.74, 6) is 0.288. The van der Waals surface area contributed by atoms with E-state index in [0.29, 0.717) is 24.0 Å². The molecule has 0 bridgehead atoms. The van der Waals surface area contributed by atoms with Crippen LogP contribution in [0.25, 0.3) is 0 Å². The Morgan fingerprint density at radius 3 is 2.78 bits per heavy atom. The SMILES string of the molecule is CN(C)C1CCN(S(=O)(=O)c2c[nH]c(CCl)c2)C1. The topological polar surface area (TPSA) is 56.4 Å². The lowest BCUT2D eigenvalue weighted by molar-refractivity contribution is 0.302. The van der Waals surface area contributed by atoms with Crippen molar-refractivity contribution in [3.63, 3.8) is 0 Å². The number of H-pyrrole nitrogens is 1. The zero-order chi connectivity index (χ0) is 13.3. The maximum atomic E-state index is 12.4. The summed E-state index contributed by atoms with van der Waals surface area (Å²) in [6.45, 7) is 1.13. The number of nitrogens with zero attached hydrogens (tertiary/aromatic N) is 2. The van der Waals surface area contributed by atoms with Crippen LogP contribution in [0.4, 0.5) is 0 Å². The highest BCUT2D eigenvalue weighted by molar-refractivity contribution is 7.89. The molecule has 2 rings (SSSR count). The molecule has 0 aliphatic carbocycles. The molecule has 0 saturated carbocycles. The van der Waals surface area contributed by atoms with Crippen LogP contribution in [0, 0.1) is 0 Å². The zero-order valence-corrected chi connectivity index (χ0v) is 12.1. The van der Waals surface area contributed by atoms with E-state index in [2.05, 4.69) is 9.88 Å². The number of aromatic amines is 1. The molecule has 1 saturated heterocycles. The van der Waals surface area contributed by atoms with Crippen molar-refractivity contribution in [2.45, 2.75) is 23.2 Å². The highest BCUT2D eigenvalue weighted by Gasteiger charge is 2.33. The van der Waals surface area contributed by atoms with E-state index in [0.717, 1.165) is 12.1 Å². The highest BCUT2D eigenvalue weighted by atomic mass is 35.5. The minimum absolute atomic E-state index is 0.288. The van der Waals surface area contributed by atoms with E-state index in [1.807, 2.05) is 14.1 Å². The molecule has 1 aliphatic heterocycles. The van der Waals surface area contributed by atoms with E-state index < -0.39 is 10.0 Å². The van der Waals surface area contributed by atoms with Crippen molar-refractivity contribution in [3.05, 3.63) is 18.0 Å². The predicted octanol–water partition coefficient (Wildman–Crippen LogP) is 1.08. The molecular formula is C11H18ClN3O2S. The van der Waals surface area contributed by atoms with Gasteiger partial charge < -0.3 is 9.88 Å². The maximum absolute atomic E-state index is 12.4. The summed E-state index contributed by atoms with van der Waals surface area (Å²) in [5.41, 5.74) is 0.721. The molecule has 1 aromatic heterocycles. The average molecular weight is 292 g/mol. The van der Waals surface area contributed by atoms with Crippen LogP contribution < -0.4 is 0 Å². The fourth-order valence-corrected chi connectivity index (χ4v) is 3.81. The van der Waals surface area contributed by atoms with Crippen LogP contribution in [0.2, 0.25) is 0 Å². The van der Waals surface area contributed by atoms with Crippen LogP contribution in [0.15, 0.2) is 17.2 Å². The van der Waals surface area contributed by atoms with Gasteiger partial charge in [0.1, 0.15) is 0 Å². The lowest BCUT2D eigenvalue weighted by Gasteiger charge is -2.19. The summed E-state index contributed by atoms with van der Waals surface area (Å²) < 4.78 is 26.3. The van der Waals surface area contributed by atoms with Gasteiger partial charge in [0, 0.05) is 31.0 Å². The molecule has 1 aliphatic rings. The number of nitrogens with one attached hydrogen (secondary N) is 1. The smallest absolute Gasteiger partial charge is 0.244 e. The van der Waals surface area contributed by atoms with Crippen molar-refractivity contribution < 1.29 is 8.42 Å². The molecule has 18 heavy (non-hydrogen) atoms. The molecule has 1 N–H and O–H groups in total. The number of hydrogen-bond donors (Lipinski definition) is 1. The fraction of sp³-hybridized carbons (Fsp3) is 0.636. The van der Waals surface area contributed by atoms with Gasteiger partial charge in [-0.15, -0.1) is 11.6 Å². The first-order chi connectivity index (χ1) is 8.45. The molecule has 1 aromatic rings. The lowest BCUT2D eigenvalue weighted by atomic mass is 10.2. The summed E-state index contributed by atoms with van der Waals surface area (Å²) in [4.78, 5) is 5.24. The van der Waals surface area contributed by atoms with E-state index in [9.17, 15) is 8.42 Å². The number of halogens is 1. The molecule has 5 nitrogen and oxygen atoms in total. The van der Waals surface area contributed by atoms with Crippen LogP contribution in [0.5, 0.6) is 0 Å². The molecule has 1 unspecified atom stereocenters. The second-order valence-corrected chi connectivity index (χ2v) is 6.97. The van der Waals surface area contributed by atoms with Crippen LogP contribution in [0.1, 0.15) is 12.1 Å². The summed E-state index contributed by atoms with van der Waals surface area (Å²) in [7, 11) is 0.572. The van der Waals surface area contributed by atoms with Crippen molar-refractivity contribution in [1.82, 2.24) is 14.2 Å². The van der Waals surface area contributed by atoms with Gasteiger partial charge in [-0.1, -0.05) is 0 Å². The number of likely N-dealkylation sites (N-methyl/N-ethyl adjacent to an activating group) is 1. The van der Waals surface area contributed by atoms with Gasteiger partial charge in [0.15, 0.2) is 0 Å². The second-order valence-electron chi connectivity index (χ2n) is 4.76. The third kappa shape index (κ3) is 2.56. The molecule has 0 amide bonds. The van der Waals surface area contributed by atoms with Gasteiger partial charge in [-0.3, -0.25) is 0 Å². The van der Waals surface area contributed by atoms with Gasteiger partial charge in [-0.05, 0) is 26.6 Å². The minimum Gasteiger partial charge on any atom is -0.363 e. The lowest BCUT2D eigenvalue weighted by Crippen LogP contribution is -2.34. The predicted molar refractivity (Wildman–Crippen MR) is 71.2 cm³/mol. The van der Waals surface area contributed by atoms with Crippen LogP contribution in [0.3, 0.4) is 0 Å². The van der Waals surface area contributed by atoms with Gasteiger partial charge >= 0.3 is 0 Å². The molecule has 0 aromatic carbocycles. The summed E-state index contributed by atoms with van der Waals surface area (Å²) in [5, 5.41) is 0. The summed E-state index contributed by atoms with van der Waals surface area (Å²) in [6.07, 6.45) is 2.38. The number of rotatable bonds is 4. The highest BCUT2D eigenvalue weighted by Crippen LogP contribution is 2.23. The third-order valence-electron chi connectivity index (χ3n) is 3.35. The Morgan fingerprint density at radius 1 is 1.56 bits per heavy atom.